The van der Waals surface area contributed by atoms with Crippen molar-refractivity contribution < 1.29 is 4.79 Å². The summed E-state index contributed by atoms with van der Waals surface area (Å²) in [5.74, 6) is 1.16. The Bertz CT molecular complexity index is 1540. The zero-order valence-corrected chi connectivity index (χ0v) is 17.4. The molecule has 7 nitrogen and oxygen atoms in total. The first-order valence-electron chi connectivity index (χ1n) is 10.8. The molecule has 158 valence electrons. The number of aromatic nitrogens is 4. The van der Waals surface area contributed by atoms with Crippen molar-refractivity contribution in [3.8, 4) is 0 Å². The Labute approximate surface area is 183 Å². The molecule has 1 amide bonds. The van der Waals surface area contributed by atoms with E-state index in [2.05, 4.69) is 15.2 Å². The molecule has 6 rings (SSSR count). The molecule has 0 radical (unpaired) electrons. The maximum atomic E-state index is 13.4. The molecule has 1 fully saturated rings. The molecule has 0 aliphatic carbocycles. The van der Waals surface area contributed by atoms with E-state index in [4.69, 9.17) is 0 Å². The number of hydrogen-bond acceptors (Lipinski definition) is 4. The average molecular weight is 423 g/mol. The van der Waals surface area contributed by atoms with Crippen LogP contribution < -0.4 is 5.43 Å². The summed E-state index contributed by atoms with van der Waals surface area (Å²) in [6.07, 6.45) is 3.64. The molecular weight excluding hydrogens is 402 g/mol. The second kappa shape index (κ2) is 7.30. The van der Waals surface area contributed by atoms with Crippen LogP contribution in [0.1, 0.15) is 34.9 Å². The molecule has 1 N–H and O–H groups in total. The highest BCUT2D eigenvalue weighted by atomic mass is 16.2. The molecule has 0 saturated carbocycles. The van der Waals surface area contributed by atoms with E-state index in [0.717, 1.165) is 29.8 Å². The fraction of sp³-hybridized carbons (Fsp3) is 0.200. The smallest absolute Gasteiger partial charge is 0.255 e. The van der Waals surface area contributed by atoms with Crippen LogP contribution in [0.5, 0.6) is 0 Å². The van der Waals surface area contributed by atoms with Gasteiger partial charge in [0.05, 0.1) is 11.1 Å². The summed E-state index contributed by atoms with van der Waals surface area (Å²) in [5, 5.41) is 9.83. The summed E-state index contributed by atoms with van der Waals surface area (Å²) in [6, 6.07) is 18.6. The lowest BCUT2D eigenvalue weighted by Crippen LogP contribution is -2.38. The summed E-state index contributed by atoms with van der Waals surface area (Å²) in [7, 11) is 0. The maximum Gasteiger partial charge on any atom is 0.255 e. The van der Waals surface area contributed by atoms with Crippen LogP contribution in [0.25, 0.3) is 27.5 Å². The number of nitrogens with one attached hydrogen (secondary N) is 1. The molecule has 32 heavy (non-hydrogen) atoms. The Hall–Kier alpha value is -4.00. The SMILES string of the molecule is O=C(c1cccc2c(=O)c3ccccc3[nH]c12)N1CCC(c2nnc3ccccn23)CC1. The van der Waals surface area contributed by atoms with Crippen LogP contribution in [0.15, 0.2) is 71.7 Å². The molecule has 0 unspecified atom stereocenters. The third-order valence-corrected chi connectivity index (χ3v) is 6.46. The van der Waals surface area contributed by atoms with E-state index >= 15 is 0 Å². The minimum absolute atomic E-state index is 0.0499. The van der Waals surface area contributed by atoms with Crippen LogP contribution >= 0.6 is 0 Å². The number of amides is 1. The first-order valence-corrected chi connectivity index (χ1v) is 10.8. The maximum absolute atomic E-state index is 13.4. The number of rotatable bonds is 2. The van der Waals surface area contributed by atoms with Crippen molar-refractivity contribution in [3.63, 3.8) is 0 Å². The minimum Gasteiger partial charge on any atom is -0.354 e. The second-order valence-corrected chi connectivity index (χ2v) is 8.28. The fourth-order valence-electron chi connectivity index (χ4n) is 4.77. The largest absolute Gasteiger partial charge is 0.354 e. The minimum atomic E-state index is -0.0543. The zero-order chi connectivity index (χ0) is 21.7. The van der Waals surface area contributed by atoms with E-state index in [0.29, 0.717) is 34.9 Å². The lowest BCUT2D eigenvalue weighted by molar-refractivity contribution is 0.0712. The van der Waals surface area contributed by atoms with Crippen molar-refractivity contribution in [3.05, 3.63) is 88.5 Å². The van der Waals surface area contributed by atoms with Gasteiger partial charge >= 0.3 is 0 Å². The Kier molecular flexibility index (Phi) is 4.28. The number of piperidine rings is 1. The van der Waals surface area contributed by atoms with E-state index in [1.54, 1.807) is 24.3 Å². The van der Waals surface area contributed by atoms with Gasteiger partial charge in [-0.1, -0.05) is 24.3 Å². The van der Waals surface area contributed by atoms with Crippen molar-refractivity contribution in [2.75, 3.05) is 13.1 Å². The van der Waals surface area contributed by atoms with Crippen molar-refractivity contribution in [1.82, 2.24) is 24.5 Å². The number of aromatic amines is 1. The van der Waals surface area contributed by atoms with Gasteiger partial charge in [0.25, 0.3) is 5.91 Å². The van der Waals surface area contributed by atoms with E-state index < -0.39 is 0 Å². The quantitative estimate of drug-likeness (QED) is 0.439. The average Bonchev–Trinajstić information content (AvgIpc) is 3.28. The molecule has 0 spiro atoms. The summed E-state index contributed by atoms with van der Waals surface area (Å²) in [6.45, 7) is 1.28. The molecule has 3 aromatic heterocycles. The van der Waals surface area contributed by atoms with Gasteiger partial charge in [-0.25, -0.2) is 0 Å². The molecule has 1 aliphatic rings. The highest BCUT2D eigenvalue weighted by molar-refractivity contribution is 6.07. The summed E-state index contributed by atoms with van der Waals surface area (Å²) < 4.78 is 2.03. The van der Waals surface area contributed by atoms with Gasteiger partial charge in [0.2, 0.25) is 0 Å². The molecule has 4 heterocycles. The Morgan fingerprint density at radius 3 is 2.56 bits per heavy atom. The summed E-state index contributed by atoms with van der Waals surface area (Å²) >= 11 is 0. The van der Waals surface area contributed by atoms with Crippen molar-refractivity contribution in [2.24, 2.45) is 0 Å². The van der Waals surface area contributed by atoms with E-state index in [9.17, 15) is 9.59 Å². The van der Waals surface area contributed by atoms with E-state index in [-0.39, 0.29) is 17.3 Å². The molecule has 5 aromatic rings. The molecule has 0 atom stereocenters. The number of pyridine rings is 2. The lowest BCUT2D eigenvalue weighted by Gasteiger charge is -2.31. The number of para-hydroxylation sites is 2. The monoisotopic (exact) mass is 423 g/mol. The topological polar surface area (TPSA) is 83.4 Å². The molecule has 1 aliphatic heterocycles. The van der Waals surface area contributed by atoms with Gasteiger partial charge in [-0.3, -0.25) is 14.0 Å². The van der Waals surface area contributed by atoms with Crippen molar-refractivity contribution >= 4 is 33.4 Å². The van der Waals surface area contributed by atoms with Gasteiger partial charge in [-0.15, -0.1) is 10.2 Å². The van der Waals surface area contributed by atoms with Crippen molar-refractivity contribution in [2.45, 2.75) is 18.8 Å². The van der Waals surface area contributed by atoms with Gasteiger partial charge in [0, 0.05) is 41.5 Å². The Morgan fingerprint density at radius 2 is 1.69 bits per heavy atom. The lowest BCUT2D eigenvalue weighted by atomic mass is 9.95. The number of carbonyl (C=O) groups excluding carboxylic acids is 1. The standard InChI is InChI=1S/C25H21N5O2/c31-23-17-6-1-2-9-20(17)26-22-18(23)7-5-8-19(22)25(32)29-14-11-16(12-15-29)24-28-27-21-10-3-4-13-30(21)24/h1-10,13,16H,11-12,14-15H2,(H,26,31). The van der Waals surface area contributed by atoms with Crippen LogP contribution in [-0.2, 0) is 0 Å². The Morgan fingerprint density at radius 1 is 0.906 bits per heavy atom. The Balaban J connectivity index is 1.30. The molecule has 7 heteroatoms. The fourth-order valence-corrected chi connectivity index (χ4v) is 4.77. The van der Waals surface area contributed by atoms with Crippen LogP contribution in [0.4, 0.5) is 0 Å². The highest BCUT2D eigenvalue weighted by Gasteiger charge is 2.28. The third kappa shape index (κ3) is 2.89. The van der Waals surface area contributed by atoms with E-state index in [1.807, 2.05) is 51.9 Å². The number of carbonyl (C=O) groups is 1. The summed E-state index contributed by atoms with van der Waals surface area (Å²) in [4.78, 5) is 31.6. The molecule has 2 aromatic carbocycles. The first kappa shape index (κ1) is 18.7. The predicted molar refractivity (Wildman–Crippen MR) is 123 cm³/mol. The van der Waals surface area contributed by atoms with Gasteiger partial charge < -0.3 is 9.88 Å². The zero-order valence-electron chi connectivity index (χ0n) is 17.4. The highest BCUT2D eigenvalue weighted by Crippen LogP contribution is 2.29. The predicted octanol–water partition coefficient (Wildman–Crippen LogP) is 3.74. The number of hydrogen-bond donors (Lipinski definition) is 1. The number of likely N-dealkylation sites (tertiary alicyclic amines) is 1. The number of nitrogens with zero attached hydrogens (tertiary/aromatic N) is 4. The normalized spacial score (nSPS) is 15.1. The molecule has 1 saturated heterocycles. The van der Waals surface area contributed by atoms with Crippen LogP contribution in [0.3, 0.4) is 0 Å². The number of fused-ring (bicyclic) bond motifs is 3. The second-order valence-electron chi connectivity index (χ2n) is 8.28. The summed E-state index contributed by atoms with van der Waals surface area (Å²) in [5.41, 5.74) is 2.67. The molecule has 0 bridgehead atoms. The number of benzene rings is 2. The molecular formula is C25H21N5O2. The third-order valence-electron chi connectivity index (χ3n) is 6.46. The van der Waals surface area contributed by atoms with Gasteiger partial charge in [0.1, 0.15) is 5.82 Å². The van der Waals surface area contributed by atoms with Crippen LogP contribution in [0, 0.1) is 0 Å². The number of H-pyrrole nitrogens is 1. The van der Waals surface area contributed by atoms with Crippen LogP contribution in [-0.4, -0.2) is 43.5 Å². The van der Waals surface area contributed by atoms with Gasteiger partial charge in [-0.2, -0.15) is 0 Å². The van der Waals surface area contributed by atoms with E-state index in [1.165, 1.54) is 0 Å². The van der Waals surface area contributed by atoms with Gasteiger partial charge in [-0.05, 0) is 49.2 Å². The van der Waals surface area contributed by atoms with Crippen molar-refractivity contribution in [1.29, 1.82) is 0 Å². The van der Waals surface area contributed by atoms with Gasteiger partial charge in [0.15, 0.2) is 11.1 Å². The first-order chi connectivity index (χ1) is 15.7. The van der Waals surface area contributed by atoms with Crippen LogP contribution in [0.2, 0.25) is 0 Å².